The van der Waals surface area contributed by atoms with Crippen LogP contribution in [0.5, 0.6) is 0 Å². The van der Waals surface area contributed by atoms with E-state index in [1.54, 1.807) is 0 Å². The number of hydrogen-bond donors (Lipinski definition) is 1. The fraction of sp³-hybridized carbons (Fsp3) is 0.892. The third-order valence-corrected chi connectivity index (χ3v) is 8.17. The van der Waals surface area contributed by atoms with Gasteiger partial charge in [0.05, 0.1) is 0 Å². The van der Waals surface area contributed by atoms with E-state index in [4.69, 9.17) is 5.73 Å². The molecule has 0 atom stereocenters. The predicted octanol–water partition coefficient (Wildman–Crippen LogP) is 13.6. The summed E-state index contributed by atoms with van der Waals surface area (Å²) < 4.78 is 0. The minimum atomic E-state index is 0. The van der Waals surface area contributed by atoms with Gasteiger partial charge in [0, 0.05) is 6.04 Å². The Hall–Kier alpha value is -0.270. The van der Waals surface area contributed by atoms with Gasteiger partial charge < -0.3 is 5.73 Å². The van der Waals surface area contributed by atoms with Crippen molar-refractivity contribution in [3.05, 3.63) is 24.3 Å². The van der Waals surface area contributed by atoms with Crippen LogP contribution in [0, 0.1) is 0 Å². The molecule has 0 aliphatic heterocycles. The van der Waals surface area contributed by atoms with Crippen molar-refractivity contribution in [2.45, 2.75) is 213 Å². The van der Waals surface area contributed by atoms with E-state index in [-0.39, 0.29) is 12.4 Å². The van der Waals surface area contributed by atoms with Crippen molar-refractivity contribution >= 4 is 12.4 Å². The molecule has 0 spiro atoms. The van der Waals surface area contributed by atoms with E-state index in [1.165, 1.54) is 193 Å². The van der Waals surface area contributed by atoms with Crippen LogP contribution in [0.2, 0.25) is 0 Å². The molecule has 0 aliphatic rings. The van der Waals surface area contributed by atoms with Gasteiger partial charge in [-0.1, -0.05) is 167 Å². The Kier molecular flexibility index (Phi) is 39.5. The Bertz CT molecular complexity index is 430. The standard InChI is InChI=1S/C37H73N.ClH/c1-3-5-7-9-11-13-15-17-19-21-23-25-27-29-31-33-35-37(38)36-34-32-30-28-26-24-22-20-18-16-14-12-10-8-6-4-2;/h17-20,37H,3-16,21-36,38H2,1-2H3;1H/b19-17-,20-18-;. The van der Waals surface area contributed by atoms with Crippen LogP contribution >= 0.6 is 12.4 Å². The highest BCUT2D eigenvalue weighted by Gasteiger charge is 2.02. The van der Waals surface area contributed by atoms with Gasteiger partial charge in [0.25, 0.3) is 0 Å². The molecule has 0 aromatic carbocycles. The lowest BCUT2D eigenvalue weighted by Gasteiger charge is -2.11. The summed E-state index contributed by atoms with van der Waals surface area (Å²) in [7, 11) is 0. The Labute approximate surface area is 254 Å². The molecule has 234 valence electrons. The number of hydrogen-bond acceptors (Lipinski definition) is 1. The van der Waals surface area contributed by atoms with Gasteiger partial charge in [-0.3, -0.25) is 0 Å². The highest BCUT2D eigenvalue weighted by atomic mass is 35.5. The Balaban J connectivity index is 0. The van der Waals surface area contributed by atoms with E-state index < -0.39 is 0 Å². The van der Waals surface area contributed by atoms with Crippen molar-refractivity contribution in [2.75, 3.05) is 0 Å². The van der Waals surface area contributed by atoms with E-state index in [1.807, 2.05) is 0 Å². The van der Waals surface area contributed by atoms with Gasteiger partial charge in [-0.2, -0.15) is 0 Å². The van der Waals surface area contributed by atoms with E-state index in [2.05, 4.69) is 38.2 Å². The molecule has 0 heterocycles. The molecule has 0 saturated carbocycles. The average molecular weight is 568 g/mol. The van der Waals surface area contributed by atoms with Crippen LogP contribution in [0.3, 0.4) is 0 Å². The maximum atomic E-state index is 6.38. The van der Waals surface area contributed by atoms with E-state index >= 15 is 0 Å². The zero-order chi connectivity index (χ0) is 27.6. The topological polar surface area (TPSA) is 26.0 Å². The van der Waals surface area contributed by atoms with Crippen molar-refractivity contribution in [3.63, 3.8) is 0 Å². The number of nitrogens with two attached hydrogens (primary N) is 1. The molecule has 2 heteroatoms. The summed E-state index contributed by atoms with van der Waals surface area (Å²) in [6, 6.07) is 0.448. The second kappa shape index (κ2) is 37.7. The number of halogens is 1. The zero-order valence-corrected chi connectivity index (χ0v) is 27.9. The van der Waals surface area contributed by atoms with Crippen LogP contribution in [0.15, 0.2) is 24.3 Å². The van der Waals surface area contributed by atoms with Crippen molar-refractivity contribution in [3.8, 4) is 0 Å². The lowest BCUT2D eigenvalue weighted by molar-refractivity contribution is 0.482. The quantitative estimate of drug-likeness (QED) is 0.0634. The smallest absolute Gasteiger partial charge is 0.00388 e. The molecule has 39 heavy (non-hydrogen) atoms. The summed E-state index contributed by atoms with van der Waals surface area (Å²) in [6.07, 6.45) is 50.9. The predicted molar refractivity (Wildman–Crippen MR) is 183 cm³/mol. The molecule has 0 saturated heterocycles. The molecule has 0 rings (SSSR count). The molecular weight excluding hydrogens is 494 g/mol. The largest absolute Gasteiger partial charge is 0.328 e. The Morgan fingerprint density at radius 3 is 0.872 bits per heavy atom. The van der Waals surface area contributed by atoms with Crippen molar-refractivity contribution < 1.29 is 0 Å². The first-order valence-electron chi connectivity index (χ1n) is 17.9. The molecule has 0 unspecified atom stereocenters. The maximum Gasteiger partial charge on any atom is 0.00388 e. The number of allylic oxidation sites excluding steroid dienone is 4. The van der Waals surface area contributed by atoms with E-state index in [9.17, 15) is 0 Å². The summed E-state index contributed by atoms with van der Waals surface area (Å²) >= 11 is 0. The second-order valence-corrected chi connectivity index (χ2v) is 12.2. The molecule has 0 aromatic rings. The van der Waals surface area contributed by atoms with Gasteiger partial charge in [-0.25, -0.2) is 0 Å². The van der Waals surface area contributed by atoms with Gasteiger partial charge in [0.1, 0.15) is 0 Å². The minimum Gasteiger partial charge on any atom is -0.328 e. The van der Waals surface area contributed by atoms with Crippen LogP contribution in [0.1, 0.15) is 206 Å². The Morgan fingerprint density at radius 1 is 0.359 bits per heavy atom. The molecule has 0 aliphatic carbocycles. The summed E-state index contributed by atoms with van der Waals surface area (Å²) in [5.74, 6) is 0. The fourth-order valence-corrected chi connectivity index (χ4v) is 5.45. The molecule has 0 amide bonds. The number of rotatable bonds is 32. The highest BCUT2D eigenvalue weighted by molar-refractivity contribution is 5.85. The molecule has 0 radical (unpaired) electrons. The van der Waals surface area contributed by atoms with Crippen molar-refractivity contribution in [1.29, 1.82) is 0 Å². The first-order valence-corrected chi connectivity index (χ1v) is 17.9. The third-order valence-electron chi connectivity index (χ3n) is 8.17. The number of unbranched alkanes of at least 4 members (excludes halogenated alkanes) is 24. The summed E-state index contributed by atoms with van der Waals surface area (Å²) in [5.41, 5.74) is 6.38. The molecule has 2 N–H and O–H groups in total. The van der Waals surface area contributed by atoms with Crippen LogP contribution < -0.4 is 5.73 Å². The van der Waals surface area contributed by atoms with E-state index in [0.29, 0.717) is 6.04 Å². The normalized spacial score (nSPS) is 11.8. The average Bonchev–Trinajstić information content (AvgIpc) is 2.92. The lowest BCUT2D eigenvalue weighted by Crippen LogP contribution is -2.19. The maximum absolute atomic E-state index is 6.38. The molecule has 0 bridgehead atoms. The SMILES string of the molecule is CCCCCCCC/C=C\CCCCCCCCC(N)CCCCCCCC/C=C\CCCCCCCC.Cl. The van der Waals surface area contributed by atoms with Crippen molar-refractivity contribution in [2.24, 2.45) is 5.73 Å². The van der Waals surface area contributed by atoms with Crippen molar-refractivity contribution in [1.82, 2.24) is 0 Å². The van der Waals surface area contributed by atoms with Gasteiger partial charge >= 0.3 is 0 Å². The monoisotopic (exact) mass is 568 g/mol. The minimum absolute atomic E-state index is 0. The molecule has 1 nitrogen and oxygen atoms in total. The van der Waals surface area contributed by atoms with Gasteiger partial charge in [0.15, 0.2) is 0 Å². The second-order valence-electron chi connectivity index (χ2n) is 12.2. The lowest BCUT2D eigenvalue weighted by atomic mass is 10.0. The van der Waals surface area contributed by atoms with Crippen LogP contribution in [0.4, 0.5) is 0 Å². The van der Waals surface area contributed by atoms with Crippen LogP contribution in [0.25, 0.3) is 0 Å². The summed E-state index contributed by atoms with van der Waals surface area (Å²) in [4.78, 5) is 0. The fourth-order valence-electron chi connectivity index (χ4n) is 5.45. The van der Waals surface area contributed by atoms with Crippen LogP contribution in [-0.4, -0.2) is 6.04 Å². The van der Waals surface area contributed by atoms with E-state index in [0.717, 1.165) is 0 Å². The van der Waals surface area contributed by atoms with Crippen LogP contribution in [-0.2, 0) is 0 Å². The highest BCUT2D eigenvalue weighted by Crippen LogP contribution is 2.15. The Morgan fingerprint density at radius 2 is 0.590 bits per heavy atom. The summed E-state index contributed by atoms with van der Waals surface area (Å²) in [5, 5.41) is 0. The molecule has 0 aromatic heterocycles. The zero-order valence-electron chi connectivity index (χ0n) is 27.1. The first-order chi connectivity index (χ1) is 18.8. The molecular formula is C37H74ClN. The molecule has 0 fully saturated rings. The third kappa shape index (κ3) is 37.7. The summed E-state index contributed by atoms with van der Waals surface area (Å²) in [6.45, 7) is 4.58. The van der Waals surface area contributed by atoms with Gasteiger partial charge in [0.2, 0.25) is 0 Å². The van der Waals surface area contributed by atoms with Gasteiger partial charge in [-0.15, -0.1) is 12.4 Å². The first kappa shape index (κ1) is 40.9. The van der Waals surface area contributed by atoms with Gasteiger partial charge in [-0.05, 0) is 64.2 Å².